The standard InChI is InChI=1S/C14H17Cl2NO/c1-9-5-10(9)7-17(2)8-14(18)12-6-11(15)3-4-13(12)16/h3-4,6,9-10H,5,7-8H2,1-2H3. The first-order valence-corrected chi connectivity index (χ1v) is 6.89. The number of Topliss-reactive ketones (excluding diaryl/α,β-unsaturated/α-hetero) is 1. The predicted octanol–water partition coefficient (Wildman–Crippen LogP) is 3.76. The van der Waals surface area contributed by atoms with Gasteiger partial charge >= 0.3 is 0 Å². The maximum atomic E-state index is 12.1. The van der Waals surface area contributed by atoms with Crippen LogP contribution in [0.1, 0.15) is 23.7 Å². The number of nitrogens with zero attached hydrogens (tertiary/aromatic N) is 1. The Bertz CT molecular complexity index is 461. The lowest BCUT2D eigenvalue weighted by molar-refractivity contribution is 0.0943. The van der Waals surface area contributed by atoms with E-state index in [1.165, 1.54) is 6.42 Å². The maximum Gasteiger partial charge on any atom is 0.178 e. The molecule has 1 saturated carbocycles. The van der Waals surface area contributed by atoms with Crippen LogP contribution in [-0.4, -0.2) is 30.8 Å². The molecular weight excluding hydrogens is 269 g/mol. The van der Waals surface area contributed by atoms with Crippen molar-refractivity contribution < 1.29 is 4.79 Å². The van der Waals surface area contributed by atoms with E-state index >= 15 is 0 Å². The molecule has 0 heterocycles. The number of rotatable bonds is 5. The van der Waals surface area contributed by atoms with Gasteiger partial charge in [0.05, 0.1) is 11.6 Å². The summed E-state index contributed by atoms with van der Waals surface area (Å²) in [6, 6.07) is 5.00. The zero-order valence-electron chi connectivity index (χ0n) is 10.6. The molecule has 1 aromatic carbocycles. The van der Waals surface area contributed by atoms with Gasteiger partial charge in [-0.05, 0) is 43.5 Å². The van der Waals surface area contributed by atoms with Crippen LogP contribution in [-0.2, 0) is 0 Å². The lowest BCUT2D eigenvalue weighted by Gasteiger charge is -2.16. The smallest absolute Gasteiger partial charge is 0.178 e. The SMILES string of the molecule is CC1CC1CN(C)CC(=O)c1cc(Cl)ccc1Cl. The molecule has 0 saturated heterocycles. The van der Waals surface area contributed by atoms with Gasteiger partial charge in [-0.3, -0.25) is 9.69 Å². The fraction of sp³-hybridized carbons (Fsp3) is 0.500. The molecule has 1 aliphatic rings. The molecule has 1 aromatic rings. The Kier molecular flexibility index (Phi) is 4.31. The number of ketones is 1. The van der Waals surface area contributed by atoms with E-state index < -0.39 is 0 Å². The second-order valence-corrected chi connectivity index (χ2v) is 6.06. The Morgan fingerprint density at radius 2 is 2.11 bits per heavy atom. The van der Waals surface area contributed by atoms with Crippen LogP contribution in [0.3, 0.4) is 0 Å². The van der Waals surface area contributed by atoms with Crippen LogP contribution in [0.5, 0.6) is 0 Å². The van der Waals surface area contributed by atoms with Crippen LogP contribution in [0.4, 0.5) is 0 Å². The van der Waals surface area contributed by atoms with Crippen molar-refractivity contribution in [2.75, 3.05) is 20.1 Å². The van der Waals surface area contributed by atoms with Gasteiger partial charge in [0, 0.05) is 17.1 Å². The summed E-state index contributed by atoms with van der Waals surface area (Å²) in [5.41, 5.74) is 0.514. The van der Waals surface area contributed by atoms with Crippen LogP contribution in [0.2, 0.25) is 10.0 Å². The van der Waals surface area contributed by atoms with Crippen LogP contribution in [0.15, 0.2) is 18.2 Å². The first-order valence-electron chi connectivity index (χ1n) is 6.14. The van der Waals surface area contributed by atoms with Crippen LogP contribution in [0, 0.1) is 11.8 Å². The van der Waals surface area contributed by atoms with Crippen molar-refractivity contribution in [1.29, 1.82) is 0 Å². The molecule has 0 bridgehead atoms. The van der Waals surface area contributed by atoms with Crippen LogP contribution >= 0.6 is 23.2 Å². The summed E-state index contributed by atoms with van der Waals surface area (Å²) in [7, 11) is 1.97. The summed E-state index contributed by atoms with van der Waals surface area (Å²) in [4.78, 5) is 14.2. The Morgan fingerprint density at radius 3 is 2.72 bits per heavy atom. The quantitative estimate of drug-likeness (QED) is 0.768. The van der Waals surface area contributed by atoms with Gasteiger partial charge < -0.3 is 0 Å². The summed E-state index contributed by atoms with van der Waals surface area (Å²) in [5.74, 6) is 1.58. The van der Waals surface area contributed by atoms with Gasteiger partial charge in [0.15, 0.2) is 5.78 Å². The average Bonchev–Trinajstić information content (AvgIpc) is 2.97. The third-order valence-electron chi connectivity index (χ3n) is 3.46. The average molecular weight is 286 g/mol. The summed E-state index contributed by atoms with van der Waals surface area (Å²) in [6.45, 7) is 3.61. The van der Waals surface area contributed by atoms with Crippen molar-refractivity contribution in [3.63, 3.8) is 0 Å². The lowest BCUT2D eigenvalue weighted by atomic mass is 10.1. The molecule has 2 rings (SSSR count). The van der Waals surface area contributed by atoms with Crippen molar-refractivity contribution in [3.05, 3.63) is 33.8 Å². The second-order valence-electron chi connectivity index (χ2n) is 5.22. The molecule has 0 aromatic heterocycles. The van der Waals surface area contributed by atoms with Gasteiger partial charge in [-0.15, -0.1) is 0 Å². The highest BCUT2D eigenvalue weighted by Gasteiger charge is 2.33. The van der Waals surface area contributed by atoms with Crippen molar-refractivity contribution in [2.24, 2.45) is 11.8 Å². The predicted molar refractivity (Wildman–Crippen MR) is 75.6 cm³/mol. The van der Waals surface area contributed by atoms with Gasteiger partial charge in [-0.25, -0.2) is 0 Å². The number of benzene rings is 1. The van der Waals surface area contributed by atoms with Crippen molar-refractivity contribution in [1.82, 2.24) is 4.90 Å². The molecule has 18 heavy (non-hydrogen) atoms. The van der Waals surface area contributed by atoms with Gasteiger partial charge in [0.2, 0.25) is 0 Å². The summed E-state index contributed by atoms with van der Waals surface area (Å²) in [5, 5.41) is 1.01. The van der Waals surface area contributed by atoms with E-state index in [0.717, 1.165) is 18.4 Å². The highest BCUT2D eigenvalue weighted by Crippen LogP contribution is 2.37. The lowest BCUT2D eigenvalue weighted by Crippen LogP contribution is -2.28. The molecule has 0 N–H and O–H groups in total. The van der Waals surface area contributed by atoms with E-state index in [1.54, 1.807) is 18.2 Å². The van der Waals surface area contributed by atoms with E-state index in [0.29, 0.717) is 22.2 Å². The molecule has 2 unspecified atom stereocenters. The molecule has 2 atom stereocenters. The first-order chi connectivity index (χ1) is 8.47. The maximum absolute atomic E-state index is 12.1. The van der Waals surface area contributed by atoms with E-state index in [2.05, 4.69) is 11.8 Å². The molecule has 0 amide bonds. The van der Waals surface area contributed by atoms with E-state index in [-0.39, 0.29) is 5.78 Å². The highest BCUT2D eigenvalue weighted by molar-refractivity contribution is 6.36. The Balaban J connectivity index is 1.96. The van der Waals surface area contributed by atoms with Crippen molar-refractivity contribution in [3.8, 4) is 0 Å². The normalized spacial score (nSPS) is 22.3. The number of carbonyl (C=O) groups excluding carboxylic acids is 1. The number of hydrogen-bond donors (Lipinski definition) is 0. The molecule has 1 fully saturated rings. The second kappa shape index (κ2) is 5.60. The number of carbonyl (C=O) groups is 1. The fourth-order valence-corrected chi connectivity index (χ4v) is 2.55. The minimum atomic E-state index is 0.0262. The first kappa shape index (κ1) is 13.9. The largest absolute Gasteiger partial charge is 0.299 e. The van der Waals surface area contributed by atoms with E-state index in [4.69, 9.17) is 23.2 Å². The minimum absolute atomic E-state index is 0.0262. The Hall–Kier alpha value is -0.570. The molecule has 4 heteroatoms. The summed E-state index contributed by atoms with van der Waals surface area (Å²) in [6.07, 6.45) is 1.27. The van der Waals surface area contributed by atoms with Crippen molar-refractivity contribution in [2.45, 2.75) is 13.3 Å². The highest BCUT2D eigenvalue weighted by atomic mass is 35.5. The molecule has 98 valence electrons. The van der Waals surface area contributed by atoms with Crippen LogP contribution < -0.4 is 0 Å². The summed E-state index contributed by atoms with van der Waals surface area (Å²) >= 11 is 11.9. The fourth-order valence-electron chi connectivity index (χ4n) is 2.16. The van der Waals surface area contributed by atoms with Crippen molar-refractivity contribution >= 4 is 29.0 Å². The topological polar surface area (TPSA) is 20.3 Å². The van der Waals surface area contributed by atoms with E-state index in [9.17, 15) is 4.79 Å². The van der Waals surface area contributed by atoms with Gasteiger partial charge in [0.25, 0.3) is 0 Å². The van der Waals surface area contributed by atoms with Gasteiger partial charge in [-0.1, -0.05) is 30.1 Å². The molecule has 0 spiro atoms. The molecular formula is C14H17Cl2NO. The monoisotopic (exact) mass is 285 g/mol. The molecule has 2 nitrogen and oxygen atoms in total. The number of hydrogen-bond acceptors (Lipinski definition) is 2. The molecule has 1 aliphatic carbocycles. The van der Waals surface area contributed by atoms with E-state index in [1.807, 2.05) is 7.05 Å². The van der Waals surface area contributed by atoms with Crippen LogP contribution in [0.25, 0.3) is 0 Å². The zero-order chi connectivity index (χ0) is 13.3. The Morgan fingerprint density at radius 1 is 1.44 bits per heavy atom. The van der Waals surface area contributed by atoms with Gasteiger partial charge in [-0.2, -0.15) is 0 Å². The number of halogens is 2. The summed E-state index contributed by atoms with van der Waals surface area (Å²) < 4.78 is 0. The third-order valence-corrected chi connectivity index (χ3v) is 4.03. The van der Waals surface area contributed by atoms with Gasteiger partial charge in [0.1, 0.15) is 0 Å². The number of likely N-dealkylation sites (N-methyl/N-ethyl adjacent to an activating group) is 1. The molecule has 0 radical (unpaired) electrons. The third kappa shape index (κ3) is 3.47. The molecule has 0 aliphatic heterocycles. The Labute approximate surface area is 118 Å². The zero-order valence-corrected chi connectivity index (χ0v) is 12.1. The minimum Gasteiger partial charge on any atom is -0.299 e.